The highest BCUT2D eigenvalue weighted by Crippen LogP contribution is 2.58. The molecule has 0 radical (unpaired) electrons. The van der Waals surface area contributed by atoms with Gasteiger partial charge in [-0.2, -0.15) is 0 Å². The molecule has 2 unspecified atom stereocenters. The molecule has 0 amide bonds. The molecule has 2 atom stereocenters. The molecule has 0 spiro atoms. The number of carbonyl (C=O) groups is 2. The van der Waals surface area contributed by atoms with Crippen LogP contribution in [0.2, 0.25) is 0 Å². The van der Waals surface area contributed by atoms with Crippen LogP contribution in [0.5, 0.6) is 0 Å². The van der Waals surface area contributed by atoms with Crippen molar-refractivity contribution in [3.8, 4) is 0 Å². The van der Waals surface area contributed by atoms with Gasteiger partial charge in [0.25, 0.3) is 0 Å². The zero-order valence-corrected chi connectivity index (χ0v) is 7.90. The van der Waals surface area contributed by atoms with Crippen molar-refractivity contribution in [3.63, 3.8) is 0 Å². The summed E-state index contributed by atoms with van der Waals surface area (Å²) in [6, 6.07) is 0. The highest BCUT2D eigenvalue weighted by atomic mass is 16.4. The average molecular weight is 198 g/mol. The summed E-state index contributed by atoms with van der Waals surface area (Å²) < 4.78 is 0. The molecule has 2 fully saturated rings. The maximum absolute atomic E-state index is 11.2. The number of carboxylic acid groups (broad SMARTS) is 2. The van der Waals surface area contributed by atoms with Gasteiger partial charge in [-0.3, -0.25) is 9.59 Å². The fourth-order valence-corrected chi connectivity index (χ4v) is 2.79. The molecule has 2 aliphatic carbocycles. The molecule has 4 heteroatoms. The number of aliphatic carboxylic acids is 2. The van der Waals surface area contributed by atoms with Gasteiger partial charge in [-0.1, -0.05) is 6.42 Å². The Morgan fingerprint density at radius 3 is 2.00 bits per heavy atom. The van der Waals surface area contributed by atoms with Crippen molar-refractivity contribution in [2.45, 2.75) is 32.1 Å². The van der Waals surface area contributed by atoms with Crippen LogP contribution < -0.4 is 0 Å². The summed E-state index contributed by atoms with van der Waals surface area (Å²) in [5, 5.41) is 18.1. The van der Waals surface area contributed by atoms with E-state index in [0.717, 1.165) is 19.3 Å². The highest BCUT2D eigenvalue weighted by Gasteiger charge is 2.61. The SMILES string of the molecule is O=C(O)C1CCC1(C(=O)O)C1CCC1. The second-order valence-electron chi connectivity index (χ2n) is 4.40. The molecule has 2 rings (SSSR count). The predicted octanol–water partition coefficient (Wildman–Crippen LogP) is 1.35. The van der Waals surface area contributed by atoms with Gasteiger partial charge in [0, 0.05) is 0 Å². The van der Waals surface area contributed by atoms with E-state index in [1.807, 2.05) is 0 Å². The molecule has 0 aromatic heterocycles. The van der Waals surface area contributed by atoms with Crippen LogP contribution in [0.15, 0.2) is 0 Å². The quantitative estimate of drug-likeness (QED) is 0.717. The van der Waals surface area contributed by atoms with Crippen molar-refractivity contribution in [1.82, 2.24) is 0 Å². The van der Waals surface area contributed by atoms with Gasteiger partial charge in [-0.05, 0) is 31.6 Å². The Morgan fingerprint density at radius 1 is 1.14 bits per heavy atom. The van der Waals surface area contributed by atoms with Gasteiger partial charge < -0.3 is 10.2 Å². The first kappa shape index (κ1) is 9.49. The maximum atomic E-state index is 11.2. The van der Waals surface area contributed by atoms with Crippen LogP contribution in [0.3, 0.4) is 0 Å². The Labute approximate surface area is 81.9 Å². The summed E-state index contributed by atoms with van der Waals surface area (Å²) in [5.74, 6) is -2.38. The zero-order chi connectivity index (χ0) is 10.3. The average Bonchev–Trinajstić information content (AvgIpc) is 1.90. The monoisotopic (exact) mass is 198 g/mol. The van der Waals surface area contributed by atoms with Crippen LogP contribution in [0.25, 0.3) is 0 Å². The molecule has 0 aromatic rings. The van der Waals surface area contributed by atoms with E-state index >= 15 is 0 Å². The lowest BCUT2D eigenvalue weighted by atomic mass is 9.49. The molecule has 0 bridgehead atoms. The lowest BCUT2D eigenvalue weighted by molar-refractivity contribution is -0.185. The van der Waals surface area contributed by atoms with Crippen LogP contribution in [0, 0.1) is 17.3 Å². The number of rotatable bonds is 3. The van der Waals surface area contributed by atoms with E-state index in [2.05, 4.69) is 0 Å². The molecule has 78 valence electrons. The van der Waals surface area contributed by atoms with Gasteiger partial charge in [-0.15, -0.1) is 0 Å². The number of hydrogen-bond donors (Lipinski definition) is 2. The fourth-order valence-electron chi connectivity index (χ4n) is 2.79. The Morgan fingerprint density at radius 2 is 1.79 bits per heavy atom. The van der Waals surface area contributed by atoms with Crippen molar-refractivity contribution in [3.05, 3.63) is 0 Å². The second-order valence-corrected chi connectivity index (χ2v) is 4.40. The summed E-state index contributed by atoms with van der Waals surface area (Å²) >= 11 is 0. The summed E-state index contributed by atoms with van der Waals surface area (Å²) in [7, 11) is 0. The molecular weight excluding hydrogens is 184 g/mol. The molecule has 2 saturated carbocycles. The summed E-state index contributed by atoms with van der Waals surface area (Å²) in [5.41, 5.74) is -0.927. The van der Waals surface area contributed by atoms with Crippen LogP contribution in [-0.2, 0) is 9.59 Å². The van der Waals surface area contributed by atoms with Gasteiger partial charge >= 0.3 is 11.9 Å². The smallest absolute Gasteiger partial charge is 0.310 e. The predicted molar refractivity (Wildman–Crippen MR) is 47.8 cm³/mol. The number of carboxylic acids is 2. The lowest BCUT2D eigenvalue weighted by Gasteiger charge is -2.52. The molecule has 0 aromatic carbocycles. The van der Waals surface area contributed by atoms with Gasteiger partial charge in [0.05, 0.1) is 11.3 Å². The van der Waals surface area contributed by atoms with E-state index in [1.165, 1.54) is 0 Å². The third kappa shape index (κ3) is 0.996. The third-order valence-corrected chi connectivity index (χ3v) is 4.00. The van der Waals surface area contributed by atoms with Crippen molar-refractivity contribution in [2.75, 3.05) is 0 Å². The van der Waals surface area contributed by atoms with Gasteiger partial charge in [0.2, 0.25) is 0 Å². The Balaban J connectivity index is 2.22. The fraction of sp³-hybridized carbons (Fsp3) is 0.800. The van der Waals surface area contributed by atoms with E-state index in [-0.39, 0.29) is 5.92 Å². The molecule has 2 N–H and O–H groups in total. The summed E-state index contributed by atoms with van der Waals surface area (Å²) in [6.45, 7) is 0. The molecular formula is C10H14O4. The van der Waals surface area contributed by atoms with E-state index in [4.69, 9.17) is 5.11 Å². The first-order valence-corrected chi connectivity index (χ1v) is 5.05. The Bertz CT molecular complexity index is 282. The van der Waals surface area contributed by atoms with Crippen LogP contribution in [0.1, 0.15) is 32.1 Å². The standard InChI is InChI=1S/C10H14O4/c11-8(12)7-4-5-10(7,9(13)14)6-2-1-3-6/h6-7H,1-5H2,(H,11,12)(H,13,14). The minimum absolute atomic E-state index is 0.106. The molecule has 14 heavy (non-hydrogen) atoms. The van der Waals surface area contributed by atoms with E-state index in [1.54, 1.807) is 0 Å². The van der Waals surface area contributed by atoms with Crippen LogP contribution in [-0.4, -0.2) is 22.2 Å². The first-order valence-electron chi connectivity index (χ1n) is 5.05. The van der Waals surface area contributed by atoms with Crippen molar-refractivity contribution in [2.24, 2.45) is 17.3 Å². The molecule has 0 saturated heterocycles. The minimum Gasteiger partial charge on any atom is -0.481 e. The Hall–Kier alpha value is -1.06. The minimum atomic E-state index is -0.939. The largest absolute Gasteiger partial charge is 0.481 e. The summed E-state index contributed by atoms with van der Waals surface area (Å²) in [6.07, 6.45) is 3.89. The van der Waals surface area contributed by atoms with E-state index in [9.17, 15) is 14.7 Å². The molecule has 4 nitrogen and oxygen atoms in total. The molecule has 0 heterocycles. The first-order chi connectivity index (χ1) is 6.59. The molecule has 0 aliphatic heterocycles. The van der Waals surface area contributed by atoms with Gasteiger partial charge in [0.1, 0.15) is 0 Å². The van der Waals surface area contributed by atoms with E-state index in [0.29, 0.717) is 12.8 Å². The van der Waals surface area contributed by atoms with Crippen molar-refractivity contribution < 1.29 is 19.8 Å². The zero-order valence-electron chi connectivity index (χ0n) is 7.90. The maximum Gasteiger partial charge on any atom is 0.310 e. The van der Waals surface area contributed by atoms with E-state index < -0.39 is 23.3 Å². The number of hydrogen-bond acceptors (Lipinski definition) is 2. The molecule has 2 aliphatic rings. The second kappa shape index (κ2) is 2.97. The van der Waals surface area contributed by atoms with Gasteiger partial charge in [0.15, 0.2) is 0 Å². The summed E-state index contributed by atoms with van der Waals surface area (Å²) in [4.78, 5) is 22.1. The topological polar surface area (TPSA) is 74.6 Å². The van der Waals surface area contributed by atoms with Crippen molar-refractivity contribution >= 4 is 11.9 Å². The van der Waals surface area contributed by atoms with Crippen molar-refractivity contribution in [1.29, 1.82) is 0 Å². The lowest BCUT2D eigenvalue weighted by Crippen LogP contribution is -2.56. The normalized spacial score (nSPS) is 37.0. The van der Waals surface area contributed by atoms with Crippen LogP contribution >= 0.6 is 0 Å². The van der Waals surface area contributed by atoms with Gasteiger partial charge in [-0.25, -0.2) is 0 Å². The highest BCUT2D eigenvalue weighted by molar-refractivity contribution is 5.85. The van der Waals surface area contributed by atoms with Crippen LogP contribution in [0.4, 0.5) is 0 Å². The Kier molecular flexibility index (Phi) is 2.01. The third-order valence-electron chi connectivity index (χ3n) is 4.00.